The molecule has 0 unspecified atom stereocenters. The van der Waals surface area contributed by atoms with Crippen LogP contribution in [0.25, 0.3) is 11.3 Å². The third kappa shape index (κ3) is 2.42. The summed E-state index contributed by atoms with van der Waals surface area (Å²) in [6.07, 6.45) is 0. The summed E-state index contributed by atoms with van der Waals surface area (Å²) < 4.78 is 13.7. The number of hydrogen-bond donors (Lipinski definition) is 2. The maximum atomic E-state index is 13.7. The topological polar surface area (TPSA) is 54.7 Å². The molecule has 1 aromatic carbocycles. The van der Waals surface area contributed by atoms with Crippen molar-refractivity contribution >= 4 is 17.4 Å². The van der Waals surface area contributed by atoms with E-state index < -0.39 is 5.67 Å². The lowest BCUT2D eigenvalue weighted by Crippen LogP contribution is -2.08. The molecule has 0 aliphatic heterocycles. The van der Waals surface area contributed by atoms with Gasteiger partial charge in [-0.15, -0.1) is 0 Å². The number of alkyl halides is 1. The number of benzene rings is 1. The van der Waals surface area contributed by atoms with Crippen LogP contribution in [0.2, 0.25) is 5.02 Å². The molecule has 3 N–H and O–H groups in total. The van der Waals surface area contributed by atoms with Gasteiger partial charge in [0.05, 0.1) is 10.7 Å². The van der Waals surface area contributed by atoms with Crippen LogP contribution < -0.4 is 5.73 Å². The van der Waals surface area contributed by atoms with E-state index in [1.54, 1.807) is 24.3 Å². The molecule has 0 aliphatic carbocycles. The molecule has 0 bridgehead atoms. The molecule has 1 aromatic heterocycles. The van der Waals surface area contributed by atoms with E-state index in [1.807, 2.05) is 0 Å². The van der Waals surface area contributed by atoms with Gasteiger partial charge >= 0.3 is 0 Å². The second-order valence-electron chi connectivity index (χ2n) is 4.37. The molecule has 2 rings (SSSR count). The van der Waals surface area contributed by atoms with Crippen LogP contribution in [-0.4, -0.2) is 10.2 Å². The van der Waals surface area contributed by atoms with E-state index in [0.29, 0.717) is 16.4 Å². The third-order valence-electron chi connectivity index (χ3n) is 2.54. The number of halogens is 2. The Morgan fingerprint density at radius 2 is 2.06 bits per heavy atom. The molecule has 0 spiro atoms. The van der Waals surface area contributed by atoms with Gasteiger partial charge in [0.25, 0.3) is 0 Å². The van der Waals surface area contributed by atoms with Crippen LogP contribution in [0.5, 0.6) is 0 Å². The summed E-state index contributed by atoms with van der Waals surface area (Å²) in [6.45, 7) is 2.99. The zero-order valence-corrected chi connectivity index (χ0v) is 10.3. The summed E-state index contributed by atoms with van der Waals surface area (Å²) >= 11 is 6.12. The van der Waals surface area contributed by atoms with Crippen molar-refractivity contribution < 1.29 is 4.39 Å². The molecular weight excluding hydrogens is 241 g/mol. The van der Waals surface area contributed by atoms with Crippen LogP contribution in [0.15, 0.2) is 24.3 Å². The second kappa shape index (κ2) is 4.04. The molecule has 0 saturated heterocycles. The summed E-state index contributed by atoms with van der Waals surface area (Å²) in [6, 6.07) is 6.76. The van der Waals surface area contributed by atoms with Crippen LogP contribution in [0, 0.1) is 0 Å². The Morgan fingerprint density at radius 3 is 2.53 bits per heavy atom. The van der Waals surface area contributed by atoms with Crippen LogP contribution in [0.1, 0.15) is 19.4 Å². The number of hydrogen-bond acceptors (Lipinski definition) is 2. The molecule has 0 atom stereocenters. The number of aromatic nitrogens is 2. The standard InChI is InChI=1S/C12H13ClFN3/c1-12(2,14)7-3-4-8(9(13)5-7)10-6-11(15)17-16-10/h3-6H,1-2H3,(H3,15,16,17). The highest BCUT2D eigenvalue weighted by molar-refractivity contribution is 6.33. The van der Waals surface area contributed by atoms with Crippen molar-refractivity contribution in [1.82, 2.24) is 10.2 Å². The Bertz CT molecular complexity index is 543. The van der Waals surface area contributed by atoms with Gasteiger partial charge in [0.1, 0.15) is 11.5 Å². The Hall–Kier alpha value is -1.55. The van der Waals surface area contributed by atoms with Crippen LogP contribution in [0.4, 0.5) is 10.2 Å². The Morgan fingerprint density at radius 1 is 1.35 bits per heavy atom. The molecule has 90 valence electrons. The van der Waals surface area contributed by atoms with Gasteiger partial charge in [-0.3, -0.25) is 5.10 Å². The second-order valence-corrected chi connectivity index (χ2v) is 4.78. The van der Waals surface area contributed by atoms with Crippen LogP contribution >= 0.6 is 11.6 Å². The molecule has 1 heterocycles. The van der Waals surface area contributed by atoms with Crippen molar-refractivity contribution in [3.05, 3.63) is 34.9 Å². The first-order valence-corrected chi connectivity index (χ1v) is 5.56. The molecule has 0 amide bonds. The predicted octanol–water partition coefficient (Wildman–Crippen LogP) is 3.52. The minimum atomic E-state index is -1.41. The normalized spacial score (nSPS) is 11.8. The molecule has 17 heavy (non-hydrogen) atoms. The minimum Gasteiger partial charge on any atom is -0.382 e. The first-order valence-electron chi connectivity index (χ1n) is 5.18. The van der Waals surface area contributed by atoms with E-state index in [4.69, 9.17) is 17.3 Å². The van der Waals surface area contributed by atoms with E-state index in [-0.39, 0.29) is 0 Å². The van der Waals surface area contributed by atoms with Gasteiger partial charge in [-0.25, -0.2) is 4.39 Å². The van der Waals surface area contributed by atoms with Gasteiger partial charge in [-0.2, -0.15) is 5.10 Å². The maximum absolute atomic E-state index is 13.7. The molecule has 0 aliphatic rings. The quantitative estimate of drug-likeness (QED) is 0.860. The average Bonchev–Trinajstić information content (AvgIpc) is 2.63. The SMILES string of the molecule is CC(C)(F)c1ccc(-c2cc(N)n[nH]2)c(Cl)c1. The van der Waals surface area contributed by atoms with E-state index in [2.05, 4.69) is 10.2 Å². The van der Waals surface area contributed by atoms with Crippen LogP contribution in [0.3, 0.4) is 0 Å². The number of H-pyrrole nitrogens is 1. The monoisotopic (exact) mass is 253 g/mol. The van der Waals surface area contributed by atoms with E-state index >= 15 is 0 Å². The average molecular weight is 254 g/mol. The summed E-state index contributed by atoms with van der Waals surface area (Å²) in [5.41, 5.74) is 6.12. The first-order chi connectivity index (χ1) is 7.88. The number of nitrogen functional groups attached to an aromatic ring is 1. The molecule has 5 heteroatoms. The zero-order chi connectivity index (χ0) is 12.6. The molecular formula is C12H13ClFN3. The van der Waals surface area contributed by atoms with Gasteiger partial charge in [-0.05, 0) is 25.5 Å². The Kier molecular flexibility index (Phi) is 2.83. The fourth-order valence-electron chi connectivity index (χ4n) is 1.58. The van der Waals surface area contributed by atoms with Crippen LogP contribution in [-0.2, 0) is 5.67 Å². The van der Waals surface area contributed by atoms with Crippen molar-refractivity contribution in [2.45, 2.75) is 19.5 Å². The summed E-state index contributed by atoms with van der Waals surface area (Å²) in [5, 5.41) is 7.06. The van der Waals surface area contributed by atoms with Crippen molar-refractivity contribution in [2.75, 3.05) is 5.73 Å². The summed E-state index contributed by atoms with van der Waals surface area (Å²) in [5.74, 6) is 0.394. The smallest absolute Gasteiger partial charge is 0.145 e. The van der Waals surface area contributed by atoms with Gasteiger partial charge in [0.15, 0.2) is 0 Å². The van der Waals surface area contributed by atoms with Gasteiger partial charge < -0.3 is 5.73 Å². The molecule has 0 saturated carbocycles. The third-order valence-corrected chi connectivity index (χ3v) is 2.86. The number of nitrogens with zero attached hydrogens (tertiary/aromatic N) is 1. The number of aromatic amines is 1. The van der Waals surface area contributed by atoms with Crippen molar-refractivity contribution in [2.24, 2.45) is 0 Å². The van der Waals surface area contributed by atoms with Crippen molar-refractivity contribution in [3.8, 4) is 11.3 Å². The Labute approximate surface area is 104 Å². The molecule has 2 aromatic rings. The lowest BCUT2D eigenvalue weighted by Gasteiger charge is -2.15. The lowest BCUT2D eigenvalue weighted by atomic mass is 9.98. The minimum absolute atomic E-state index is 0.394. The number of nitrogens with one attached hydrogen (secondary N) is 1. The highest BCUT2D eigenvalue weighted by Gasteiger charge is 2.20. The number of rotatable bonds is 2. The molecule has 0 radical (unpaired) electrons. The van der Waals surface area contributed by atoms with Crippen molar-refractivity contribution in [3.63, 3.8) is 0 Å². The fourth-order valence-corrected chi connectivity index (χ4v) is 1.86. The van der Waals surface area contributed by atoms with E-state index in [9.17, 15) is 4.39 Å². The first kappa shape index (κ1) is 11.9. The number of anilines is 1. The van der Waals surface area contributed by atoms with Gasteiger partial charge in [0.2, 0.25) is 0 Å². The largest absolute Gasteiger partial charge is 0.382 e. The Balaban J connectivity index is 2.45. The van der Waals surface area contributed by atoms with E-state index in [0.717, 1.165) is 11.3 Å². The zero-order valence-electron chi connectivity index (χ0n) is 9.59. The molecule has 0 fully saturated rings. The predicted molar refractivity (Wildman–Crippen MR) is 67.6 cm³/mol. The summed E-state index contributed by atoms with van der Waals surface area (Å²) in [7, 11) is 0. The van der Waals surface area contributed by atoms with Gasteiger partial charge in [0, 0.05) is 11.6 Å². The number of nitrogens with two attached hydrogens (primary N) is 1. The highest BCUT2D eigenvalue weighted by atomic mass is 35.5. The van der Waals surface area contributed by atoms with Gasteiger partial charge in [-0.1, -0.05) is 23.7 Å². The highest BCUT2D eigenvalue weighted by Crippen LogP contribution is 2.33. The summed E-state index contributed by atoms with van der Waals surface area (Å²) in [4.78, 5) is 0. The maximum Gasteiger partial charge on any atom is 0.145 e. The fraction of sp³-hybridized carbons (Fsp3) is 0.250. The van der Waals surface area contributed by atoms with Crippen molar-refractivity contribution in [1.29, 1.82) is 0 Å². The lowest BCUT2D eigenvalue weighted by molar-refractivity contribution is 0.221. The van der Waals surface area contributed by atoms with E-state index in [1.165, 1.54) is 13.8 Å². The molecule has 3 nitrogen and oxygen atoms in total.